The molecular formula is C13H23N3O2S. The van der Waals surface area contributed by atoms with E-state index < -0.39 is 10.0 Å². The van der Waals surface area contributed by atoms with Gasteiger partial charge in [0.25, 0.3) is 0 Å². The van der Waals surface area contributed by atoms with Crippen LogP contribution in [-0.2, 0) is 10.0 Å². The first kappa shape index (κ1) is 15.9. The zero-order valence-corrected chi connectivity index (χ0v) is 12.4. The maximum absolute atomic E-state index is 11.5. The lowest BCUT2D eigenvalue weighted by Gasteiger charge is -2.19. The number of hydrogen-bond acceptors (Lipinski definition) is 4. The van der Waals surface area contributed by atoms with E-state index in [-0.39, 0.29) is 5.75 Å². The number of nitrogens with one attached hydrogen (secondary N) is 2. The molecule has 0 radical (unpaired) electrons. The van der Waals surface area contributed by atoms with Crippen molar-refractivity contribution in [2.45, 2.75) is 6.42 Å². The number of para-hydroxylation sites is 1. The lowest BCUT2D eigenvalue weighted by Crippen LogP contribution is -2.33. The molecule has 2 N–H and O–H groups in total. The average Bonchev–Trinajstić information content (AvgIpc) is 2.42. The highest BCUT2D eigenvalue weighted by Crippen LogP contribution is 2.10. The van der Waals surface area contributed by atoms with Crippen molar-refractivity contribution in [3.05, 3.63) is 30.3 Å². The molecule has 0 amide bonds. The molecule has 5 nitrogen and oxygen atoms in total. The van der Waals surface area contributed by atoms with E-state index in [0.29, 0.717) is 13.1 Å². The van der Waals surface area contributed by atoms with Crippen molar-refractivity contribution in [1.29, 1.82) is 0 Å². The summed E-state index contributed by atoms with van der Waals surface area (Å²) in [7, 11) is 0.608. The van der Waals surface area contributed by atoms with Crippen molar-refractivity contribution in [3.63, 3.8) is 0 Å². The molecule has 1 aromatic rings. The van der Waals surface area contributed by atoms with Crippen molar-refractivity contribution in [3.8, 4) is 0 Å². The second-order valence-electron chi connectivity index (χ2n) is 4.43. The van der Waals surface area contributed by atoms with Crippen molar-refractivity contribution in [2.75, 3.05) is 44.4 Å². The highest BCUT2D eigenvalue weighted by Gasteiger charge is 2.08. The Morgan fingerprint density at radius 3 is 2.47 bits per heavy atom. The van der Waals surface area contributed by atoms with Crippen LogP contribution in [0.1, 0.15) is 6.42 Å². The van der Waals surface area contributed by atoms with Crippen molar-refractivity contribution >= 4 is 15.7 Å². The van der Waals surface area contributed by atoms with E-state index in [9.17, 15) is 8.42 Å². The summed E-state index contributed by atoms with van der Waals surface area (Å²) in [5.74, 6) is 0.123. The quantitative estimate of drug-likeness (QED) is 0.654. The van der Waals surface area contributed by atoms with Gasteiger partial charge in [0.05, 0.1) is 5.75 Å². The van der Waals surface area contributed by atoms with Crippen LogP contribution in [0, 0.1) is 0 Å². The zero-order valence-electron chi connectivity index (χ0n) is 11.6. The average molecular weight is 285 g/mol. The summed E-state index contributed by atoms with van der Waals surface area (Å²) in [6, 6.07) is 10.0. The Balaban J connectivity index is 2.24. The molecular weight excluding hydrogens is 262 g/mol. The molecule has 0 saturated carbocycles. The van der Waals surface area contributed by atoms with E-state index in [1.54, 1.807) is 7.05 Å². The topological polar surface area (TPSA) is 61.4 Å². The van der Waals surface area contributed by atoms with Crippen LogP contribution in [-0.4, -0.2) is 47.9 Å². The van der Waals surface area contributed by atoms with Gasteiger partial charge in [-0.05, 0) is 25.6 Å². The molecule has 0 heterocycles. The summed E-state index contributed by atoms with van der Waals surface area (Å²) in [5.41, 5.74) is 1.14. The van der Waals surface area contributed by atoms with E-state index in [0.717, 1.165) is 18.7 Å². The van der Waals surface area contributed by atoms with Gasteiger partial charge in [-0.2, -0.15) is 0 Å². The Morgan fingerprint density at radius 1 is 1.16 bits per heavy atom. The van der Waals surface area contributed by atoms with Gasteiger partial charge in [0.15, 0.2) is 0 Å². The molecule has 6 heteroatoms. The molecule has 0 saturated heterocycles. The van der Waals surface area contributed by atoms with Gasteiger partial charge in [-0.15, -0.1) is 0 Å². The summed E-state index contributed by atoms with van der Waals surface area (Å²) in [6.45, 7) is 1.76. The van der Waals surface area contributed by atoms with Crippen LogP contribution >= 0.6 is 0 Å². The Hall–Kier alpha value is -1.11. The van der Waals surface area contributed by atoms with Gasteiger partial charge < -0.3 is 10.2 Å². The molecule has 0 atom stereocenters. The first-order valence-corrected chi connectivity index (χ1v) is 8.08. The van der Waals surface area contributed by atoms with Gasteiger partial charge in [0, 0.05) is 32.4 Å². The number of nitrogens with zero attached hydrogens (tertiary/aromatic N) is 1. The lowest BCUT2D eigenvalue weighted by atomic mass is 10.3. The van der Waals surface area contributed by atoms with E-state index in [4.69, 9.17) is 0 Å². The normalized spacial score (nSPS) is 11.5. The van der Waals surface area contributed by atoms with Crippen LogP contribution < -0.4 is 14.9 Å². The largest absolute Gasteiger partial charge is 0.375 e. The van der Waals surface area contributed by atoms with Crippen LogP contribution in [0.3, 0.4) is 0 Å². The molecule has 108 valence electrons. The minimum atomic E-state index is -3.14. The highest BCUT2D eigenvalue weighted by molar-refractivity contribution is 7.89. The molecule has 0 aliphatic rings. The molecule has 0 aliphatic carbocycles. The molecule has 0 spiro atoms. The fraction of sp³-hybridized carbons (Fsp3) is 0.538. The summed E-state index contributed by atoms with van der Waals surface area (Å²) in [4.78, 5) is 2.11. The van der Waals surface area contributed by atoms with Crippen LogP contribution in [0.5, 0.6) is 0 Å². The number of anilines is 1. The van der Waals surface area contributed by atoms with Crippen LogP contribution in [0.15, 0.2) is 30.3 Å². The molecule has 0 aliphatic heterocycles. The van der Waals surface area contributed by atoms with Gasteiger partial charge in [-0.1, -0.05) is 18.2 Å². The van der Waals surface area contributed by atoms with Crippen LogP contribution in [0.2, 0.25) is 0 Å². The molecule has 1 aromatic carbocycles. The SMILES string of the molecule is CNCCS(=O)(=O)NCCCN(C)c1ccccc1. The minimum absolute atomic E-state index is 0.123. The second kappa shape index (κ2) is 8.14. The third-order valence-corrected chi connectivity index (χ3v) is 4.20. The predicted octanol–water partition coefficient (Wildman–Crippen LogP) is 0.652. The van der Waals surface area contributed by atoms with Gasteiger partial charge in [-0.3, -0.25) is 0 Å². The van der Waals surface area contributed by atoms with E-state index in [2.05, 4.69) is 14.9 Å². The second-order valence-corrected chi connectivity index (χ2v) is 6.35. The highest BCUT2D eigenvalue weighted by atomic mass is 32.2. The number of rotatable bonds is 9. The summed E-state index contributed by atoms with van der Waals surface area (Å²) in [5, 5.41) is 2.83. The zero-order chi connectivity index (χ0) is 14.1. The van der Waals surface area contributed by atoms with Crippen LogP contribution in [0.4, 0.5) is 5.69 Å². The maximum Gasteiger partial charge on any atom is 0.212 e. The van der Waals surface area contributed by atoms with E-state index in [1.165, 1.54) is 0 Å². The number of benzene rings is 1. The van der Waals surface area contributed by atoms with Crippen molar-refractivity contribution in [1.82, 2.24) is 10.0 Å². The third-order valence-electron chi connectivity index (χ3n) is 2.81. The predicted molar refractivity (Wildman–Crippen MR) is 80.0 cm³/mol. The van der Waals surface area contributed by atoms with E-state index in [1.807, 2.05) is 37.4 Å². The molecule has 1 rings (SSSR count). The minimum Gasteiger partial charge on any atom is -0.375 e. The molecule has 0 bridgehead atoms. The van der Waals surface area contributed by atoms with Crippen molar-refractivity contribution < 1.29 is 8.42 Å². The van der Waals surface area contributed by atoms with Gasteiger partial charge in [0.1, 0.15) is 0 Å². The third kappa shape index (κ3) is 6.56. The lowest BCUT2D eigenvalue weighted by molar-refractivity contribution is 0.576. The molecule has 0 unspecified atom stereocenters. The smallest absolute Gasteiger partial charge is 0.212 e. The number of sulfonamides is 1. The van der Waals surface area contributed by atoms with Gasteiger partial charge in [-0.25, -0.2) is 13.1 Å². The summed E-state index contributed by atoms with van der Waals surface area (Å²) in [6.07, 6.45) is 0.782. The fourth-order valence-corrected chi connectivity index (χ4v) is 2.74. The molecule has 0 aromatic heterocycles. The maximum atomic E-state index is 11.5. The standard InChI is InChI=1S/C13H23N3O2S/c1-14-10-12-19(17,18)15-9-6-11-16(2)13-7-4-3-5-8-13/h3-5,7-8,14-15H,6,9-12H2,1-2H3. The van der Waals surface area contributed by atoms with Crippen molar-refractivity contribution in [2.24, 2.45) is 0 Å². The Labute approximate surface area is 116 Å². The van der Waals surface area contributed by atoms with Gasteiger partial charge in [0.2, 0.25) is 10.0 Å². The van der Waals surface area contributed by atoms with Crippen LogP contribution in [0.25, 0.3) is 0 Å². The molecule has 0 fully saturated rings. The Kier molecular flexibility index (Phi) is 6.83. The number of hydrogen-bond donors (Lipinski definition) is 2. The Bertz CT molecular complexity index is 448. The molecule has 19 heavy (non-hydrogen) atoms. The Morgan fingerprint density at radius 2 is 1.84 bits per heavy atom. The first-order valence-electron chi connectivity index (χ1n) is 6.43. The first-order chi connectivity index (χ1) is 9.05. The van der Waals surface area contributed by atoms with E-state index >= 15 is 0 Å². The van der Waals surface area contributed by atoms with Gasteiger partial charge >= 0.3 is 0 Å². The summed E-state index contributed by atoms with van der Waals surface area (Å²) < 4.78 is 25.7. The monoisotopic (exact) mass is 285 g/mol. The summed E-state index contributed by atoms with van der Waals surface area (Å²) >= 11 is 0. The fourth-order valence-electron chi connectivity index (χ4n) is 1.66.